The molecule has 0 aliphatic rings. The highest BCUT2D eigenvalue weighted by Crippen LogP contribution is 2.20. The lowest BCUT2D eigenvalue weighted by Crippen LogP contribution is -2.23. The summed E-state index contributed by atoms with van der Waals surface area (Å²) in [6, 6.07) is 1.72. The van der Waals surface area contributed by atoms with E-state index in [0.29, 0.717) is 12.1 Å². The average Bonchev–Trinajstić information content (AvgIpc) is 2.83. The van der Waals surface area contributed by atoms with Gasteiger partial charge < -0.3 is 15.8 Å². The van der Waals surface area contributed by atoms with Crippen LogP contribution in [0.1, 0.15) is 16.3 Å². The second-order valence-electron chi connectivity index (χ2n) is 4.09. The van der Waals surface area contributed by atoms with Gasteiger partial charge >= 0.3 is 0 Å². The van der Waals surface area contributed by atoms with E-state index < -0.39 is 0 Å². The fraction of sp³-hybridized carbons (Fsp3) is 0.250. The maximum absolute atomic E-state index is 8.80. The molecule has 6 nitrogen and oxygen atoms in total. The quantitative estimate of drug-likeness (QED) is 0.383. The molecule has 0 fully saturated rings. The largest absolute Gasteiger partial charge is 0.409 e. The fourth-order valence-electron chi connectivity index (χ4n) is 1.77. The number of aryl methyl sites for hydroxylation is 1. The molecular formula is C12H15N5OS. The Balaban J connectivity index is 2.26. The van der Waals surface area contributed by atoms with Gasteiger partial charge in [-0.2, -0.15) is 0 Å². The summed E-state index contributed by atoms with van der Waals surface area (Å²) in [6.07, 6.45) is 3.30. The zero-order valence-electron chi connectivity index (χ0n) is 10.7. The van der Waals surface area contributed by atoms with Crippen LogP contribution in [-0.4, -0.2) is 28.1 Å². The van der Waals surface area contributed by atoms with E-state index >= 15 is 0 Å². The molecule has 2 rings (SSSR count). The smallest absolute Gasteiger partial charge is 0.172 e. The van der Waals surface area contributed by atoms with E-state index in [4.69, 9.17) is 10.9 Å². The molecule has 0 atom stereocenters. The molecule has 0 saturated heterocycles. The van der Waals surface area contributed by atoms with Gasteiger partial charge in [0.2, 0.25) is 0 Å². The van der Waals surface area contributed by atoms with E-state index in [1.165, 1.54) is 0 Å². The van der Waals surface area contributed by atoms with Crippen LogP contribution in [0.2, 0.25) is 0 Å². The third-order valence-corrected chi connectivity index (χ3v) is 3.48. The van der Waals surface area contributed by atoms with Gasteiger partial charge in [-0.3, -0.25) is 4.98 Å². The lowest BCUT2D eigenvalue weighted by molar-refractivity contribution is 0.318. The van der Waals surface area contributed by atoms with Gasteiger partial charge in [0, 0.05) is 24.2 Å². The van der Waals surface area contributed by atoms with E-state index in [9.17, 15) is 0 Å². The number of amidine groups is 1. The van der Waals surface area contributed by atoms with E-state index in [2.05, 4.69) is 15.1 Å². The van der Waals surface area contributed by atoms with Crippen molar-refractivity contribution >= 4 is 22.9 Å². The zero-order valence-corrected chi connectivity index (χ0v) is 11.6. The molecule has 0 amide bonds. The zero-order chi connectivity index (χ0) is 13.8. The molecule has 0 aromatic carbocycles. The van der Waals surface area contributed by atoms with Crippen molar-refractivity contribution in [2.75, 3.05) is 11.9 Å². The maximum Gasteiger partial charge on any atom is 0.172 e. The summed E-state index contributed by atoms with van der Waals surface area (Å²) in [5.74, 6) is 0.0682. The topological polar surface area (TPSA) is 87.6 Å². The lowest BCUT2D eigenvalue weighted by Gasteiger charge is -2.20. The Morgan fingerprint density at radius 3 is 3.00 bits per heavy atom. The van der Waals surface area contributed by atoms with Gasteiger partial charge in [0.1, 0.15) is 0 Å². The van der Waals surface area contributed by atoms with Crippen LogP contribution in [0.25, 0.3) is 0 Å². The predicted octanol–water partition coefficient (Wildman–Crippen LogP) is 1.58. The van der Waals surface area contributed by atoms with Crippen LogP contribution < -0.4 is 10.6 Å². The number of rotatable bonds is 4. The molecule has 2 heterocycles. The Labute approximate surface area is 115 Å². The lowest BCUT2D eigenvalue weighted by atomic mass is 10.2. The summed E-state index contributed by atoms with van der Waals surface area (Å²) < 4.78 is 0. The third kappa shape index (κ3) is 3.00. The first-order valence-corrected chi connectivity index (χ1v) is 6.54. The van der Waals surface area contributed by atoms with Crippen LogP contribution in [0.4, 0.5) is 5.69 Å². The minimum absolute atomic E-state index is 0.0682. The minimum atomic E-state index is 0.0682. The number of aromatic nitrogens is 2. The Kier molecular flexibility index (Phi) is 3.96. The molecule has 0 saturated carbocycles. The van der Waals surface area contributed by atoms with Crippen LogP contribution in [0, 0.1) is 6.92 Å². The number of hydrogen-bond donors (Lipinski definition) is 2. The molecule has 0 aliphatic carbocycles. The number of anilines is 1. The van der Waals surface area contributed by atoms with Crippen LogP contribution in [0.3, 0.4) is 0 Å². The molecule has 0 spiro atoms. The second kappa shape index (κ2) is 5.66. The first kappa shape index (κ1) is 13.3. The maximum atomic E-state index is 8.80. The normalized spacial score (nSPS) is 11.6. The van der Waals surface area contributed by atoms with Gasteiger partial charge in [0.15, 0.2) is 5.84 Å². The van der Waals surface area contributed by atoms with Crippen molar-refractivity contribution < 1.29 is 5.21 Å². The minimum Gasteiger partial charge on any atom is -0.409 e. The third-order valence-electron chi connectivity index (χ3n) is 2.66. The molecule has 7 heteroatoms. The SMILES string of the molecule is Cc1nc(CN(C)c2cnccc2/C(N)=N/O)cs1. The number of nitrogens with two attached hydrogens (primary N) is 1. The van der Waals surface area contributed by atoms with Gasteiger partial charge in [-0.25, -0.2) is 4.98 Å². The molecule has 0 radical (unpaired) electrons. The Morgan fingerprint density at radius 1 is 1.58 bits per heavy atom. The van der Waals surface area contributed by atoms with Crippen molar-refractivity contribution in [2.24, 2.45) is 10.9 Å². The molecular weight excluding hydrogens is 262 g/mol. The van der Waals surface area contributed by atoms with Crippen molar-refractivity contribution in [3.8, 4) is 0 Å². The van der Waals surface area contributed by atoms with E-state index in [0.717, 1.165) is 16.4 Å². The van der Waals surface area contributed by atoms with Crippen molar-refractivity contribution in [3.05, 3.63) is 40.1 Å². The summed E-state index contributed by atoms with van der Waals surface area (Å²) >= 11 is 1.61. The van der Waals surface area contributed by atoms with E-state index in [1.807, 2.05) is 24.3 Å². The molecule has 0 unspecified atom stereocenters. The van der Waals surface area contributed by atoms with Gasteiger partial charge in [-0.1, -0.05) is 5.16 Å². The van der Waals surface area contributed by atoms with E-state index in [1.54, 1.807) is 29.8 Å². The van der Waals surface area contributed by atoms with Gasteiger partial charge in [-0.15, -0.1) is 11.3 Å². The Morgan fingerprint density at radius 2 is 2.37 bits per heavy atom. The molecule has 19 heavy (non-hydrogen) atoms. The molecule has 100 valence electrons. The number of nitrogens with zero attached hydrogens (tertiary/aromatic N) is 4. The van der Waals surface area contributed by atoms with Gasteiger partial charge in [-0.05, 0) is 13.0 Å². The Bertz CT molecular complexity index is 595. The molecule has 2 aromatic heterocycles. The van der Waals surface area contributed by atoms with Gasteiger partial charge in [0.25, 0.3) is 0 Å². The number of hydrogen-bond acceptors (Lipinski definition) is 6. The van der Waals surface area contributed by atoms with Crippen LogP contribution in [-0.2, 0) is 6.54 Å². The first-order chi connectivity index (χ1) is 9.11. The van der Waals surface area contributed by atoms with Crippen LogP contribution >= 0.6 is 11.3 Å². The number of pyridine rings is 1. The van der Waals surface area contributed by atoms with Crippen molar-refractivity contribution in [1.82, 2.24) is 9.97 Å². The summed E-state index contributed by atoms with van der Waals surface area (Å²) in [5.41, 5.74) is 8.09. The molecule has 0 bridgehead atoms. The standard InChI is InChI=1S/C12H15N5OS/c1-8-15-9(7-19-8)6-17(2)11-5-14-4-3-10(11)12(13)16-18/h3-5,7,18H,6H2,1-2H3,(H2,13,16). The predicted molar refractivity (Wildman–Crippen MR) is 75.7 cm³/mol. The summed E-state index contributed by atoms with van der Waals surface area (Å²) in [4.78, 5) is 10.5. The Hall–Kier alpha value is -2.15. The highest BCUT2D eigenvalue weighted by molar-refractivity contribution is 7.09. The van der Waals surface area contributed by atoms with Gasteiger partial charge in [0.05, 0.1) is 29.1 Å². The number of oxime groups is 1. The summed E-state index contributed by atoms with van der Waals surface area (Å²) in [7, 11) is 1.92. The average molecular weight is 277 g/mol. The highest BCUT2D eigenvalue weighted by Gasteiger charge is 2.12. The highest BCUT2D eigenvalue weighted by atomic mass is 32.1. The van der Waals surface area contributed by atoms with Crippen LogP contribution in [0.15, 0.2) is 29.0 Å². The van der Waals surface area contributed by atoms with Crippen molar-refractivity contribution in [1.29, 1.82) is 0 Å². The van der Waals surface area contributed by atoms with E-state index in [-0.39, 0.29) is 5.84 Å². The second-order valence-corrected chi connectivity index (χ2v) is 5.15. The summed E-state index contributed by atoms with van der Waals surface area (Å²) in [5, 5.41) is 14.9. The molecule has 2 aromatic rings. The molecule has 3 N–H and O–H groups in total. The summed E-state index contributed by atoms with van der Waals surface area (Å²) in [6.45, 7) is 2.61. The first-order valence-electron chi connectivity index (χ1n) is 5.66. The van der Waals surface area contributed by atoms with Crippen molar-refractivity contribution in [3.63, 3.8) is 0 Å². The monoisotopic (exact) mass is 277 g/mol. The fourth-order valence-corrected chi connectivity index (χ4v) is 2.37. The number of thiazole rings is 1. The molecule has 0 aliphatic heterocycles. The van der Waals surface area contributed by atoms with Crippen LogP contribution in [0.5, 0.6) is 0 Å². The van der Waals surface area contributed by atoms with Crippen molar-refractivity contribution in [2.45, 2.75) is 13.5 Å².